The number of carbonyl (C=O) groups excluding carboxylic acids is 1. The van der Waals surface area contributed by atoms with Crippen molar-refractivity contribution in [2.75, 3.05) is 0 Å². The number of rotatable bonds is 6. The second kappa shape index (κ2) is 8.46. The number of hydrogen-bond acceptors (Lipinski definition) is 3. The molecule has 1 heterocycles. The third-order valence-corrected chi connectivity index (χ3v) is 4.36. The lowest BCUT2D eigenvalue weighted by atomic mass is 10.2. The van der Waals surface area contributed by atoms with Crippen molar-refractivity contribution in [1.29, 1.82) is 0 Å². The lowest BCUT2D eigenvalue weighted by molar-refractivity contribution is -0.137. The zero-order valence-electron chi connectivity index (χ0n) is 16.1. The molecular weight excluding hydrogens is 381 g/mol. The summed E-state index contributed by atoms with van der Waals surface area (Å²) in [5, 5.41) is 7.04. The van der Waals surface area contributed by atoms with Crippen LogP contribution in [-0.4, -0.2) is 26.7 Å². The molecule has 0 aliphatic rings. The molecule has 1 aromatic heterocycles. The Morgan fingerprint density at radius 2 is 1.86 bits per heavy atom. The van der Waals surface area contributed by atoms with Crippen molar-refractivity contribution in [2.45, 2.75) is 38.9 Å². The second-order valence-electron chi connectivity index (χ2n) is 6.75. The predicted octanol–water partition coefficient (Wildman–Crippen LogP) is 4.87. The zero-order chi connectivity index (χ0) is 21.0. The van der Waals surface area contributed by atoms with E-state index in [1.165, 1.54) is 16.8 Å². The quantitative estimate of drug-likeness (QED) is 0.640. The molecule has 0 fully saturated rings. The SMILES string of the molecule is CCC[C@H](C)NC(=O)c1nc(-c2ccccc2)n(-c2cccc(C(F)(F)F)c2)n1. The molecule has 1 atom stereocenters. The van der Waals surface area contributed by atoms with Gasteiger partial charge in [-0.3, -0.25) is 4.79 Å². The summed E-state index contributed by atoms with van der Waals surface area (Å²) in [5.41, 5.74) is 0.0111. The first-order chi connectivity index (χ1) is 13.8. The lowest BCUT2D eigenvalue weighted by Gasteiger charge is -2.11. The number of halogens is 3. The van der Waals surface area contributed by atoms with E-state index in [1.54, 1.807) is 24.3 Å². The van der Waals surface area contributed by atoms with Crippen LogP contribution in [0, 0.1) is 0 Å². The number of amides is 1. The Hall–Kier alpha value is -3.16. The first-order valence-electron chi connectivity index (χ1n) is 9.30. The van der Waals surface area contributed by atoms with Gasteiger partial charge in [-0.25, -0.2) is 9.67 Å². The van der Waals surface area contributed by atoms with E-state index >= 15 is 0 Å². The van der Waals surface area contributed by atoms with E-state index in [9.17, 15) is 18.0 Å². The molecule has 2 aromatic carbocycles. The third kappa shape index (κ3) is 4.82. The van der Waals surface area contributed by atoms with E-state index in [2.05, 4.69) is 15.4 Å². The number of hydrogen-bond donors (Lipinski definition) is 1. The Labute approximate surface area is 166 Å². The largest absolute Gasteiger partial charge is 0.416 e. The summed E-state index contributed by atoms with van der Waals surface area (Å²) < 4.78 is 40.7. The Kier molecular flexibility index (Phi) is 6.00. The highest BCUT2D eigenvalue weighted by atomic mass is 19.4. The molecule has 0 aliphatic heterocycles. The molecule has 0 spiro atoms. The molecule has 5 nitrogen and oxygen atoms in total. The van der Waals surface area contributed by atoms with E-state index in [4.69, 9.17) is 0 Å². The van der Waals surface area contributed by atoms with E-state index in [0.717, 1.165) is 25.0 Å². The molecule has 1 amide bonds. The van der Waals surface area contributed by atoms with Gasteiger partial charge in [0.05, 0.1) is 11.3 Å². The van der Waals surface area contributed by atoms with Gasteiger partial charge >= 0.3 is 6.18 Å². The van der Waals surface area contributed by atoms with Gasteiger partial charge in [-0.05, 0) is 31.5 Å². The first-order valence-corrected chi connectivity index (χ1v) is 9.30. The fourth-order valence-electron chi connectivity index (χ4n) is 2.97. The molecule has 0 unspecified atom stereocenters. The zero-order valence-corrected chi connectivity index (χ0v) is 16.1. The van der Waals surface area contributed by atoms with Gasteiger partial charge in [-0.2, -0.15) is 13.2 Å². The highest BCUT2D eigenvalue weighted by Crippen LogP contribution is 2.31. The summed E-state index contributed by atoms with van der Waals surface area (Å²) in [4.78, 5) is 16.9. The average molecular weight is 402 g/mol. The van der Waals surface area contributed by atoms with Gasteiger partial charge in [-0.15, -0.1) is 5.10 Å². The Bertz CT molecular complexity index is 983. The molecular formula is C21H21F3N4O. The smallest absolute Gasteiger partial charge is 0.347 e. The third-order valence-electron chi connectivity index (χ3n) is 4.36. The van der Waals surface area contributed by atoms with Gasteiger partial charge in [0.25, 0.3) is 5.91 Å². The average Bonchev–Trinajstić information content (AvgIpc) is 3.14. The van der Waals surface area contributed by atoms with Crippen LogP contribution < -0.4 is 5.32 Å². The number of nitrogens with one attached hydrogen (secondary N) is 1. The minimum Gasteiger partial charge on any atom is -0.347 e. The van der Waals surface area contributed by atoms with Gasteiger partial charge in [0.15, 0.2) is 5.82 Å². The molecule has 8 heteroatoms. The minimum atomic E-state index is -4.49. The molecule has 0 saturated heterocycles. The van der Waals surface area contributed by atoms with Crippen molar-refractivity contribution in [2.24, 2.45) is 0 Å². The van der Waals surface area contributed by atoms with Crippen LogP contribution in [0.25, 0.3) is 17.1 Å². The Balaban J connectivity index is 2.06. The van der Waals surface area contributed by atoms with E-state index in [0.29, 0.717) is 11.4 Å². The van der Waals surface area contributed by atoms with Gasteiger partial charge in [0, 0.05) is 11.6 Å². The number of aromatic nitrogens is 3. The van der Waals surface area contributed by atoms with E-state index in [-0.39, 0.29) is 17.6 Å². The van der Waals surface area contributed by atoms with Gasteiger partial charge in [0.2, 0.25) is 5.82 Å². The van der Waals surface area contributed by atoms with Crippen LogP contribution in [0.4, 0.5) is 13.2 Å². The standard InChI is InChI=1S/C21H21F3N4O/c1-3-8-14(2)25-20(29)18-26-19(15-9-5-4-6-10-15)28(27-18)17-12-7-11-16(13-17)21(22,23)24/h4-7,9-14H,3,8H2,1-2H3,(H,25,29)/t14-/m0/s1. The molecule has 152 valence electrons. The fourth-order valence-corrected chi connectivity index (χ4v) is 2.97. The molecule has 0 radical (unpaired) electrons. The van der Waals surface area contributed by atoms with E-state index in [1.807, 2.05) is 19.9 Å². The molecule has 29 heavy (non-hydrogen) atoms. The minimum absolute atomic E-state index is 0.0619. The molecule has 0 saturated carbocycles. The van der Waals surface area contributed by atoms with Crippen LogP contribution in [0.15, 0.2) is 54.6 Å². The Morgan fingerprint density at radius 3 is 2.52 bits per heavy atom. The summed E-state index contributed by atoms with van der Waals surface area (Å²) in [6, 6.07) is 13.6. The maximum atomic E-state index is 13.1. The lowest BCUT2D eigenvalue weighted by Crippen LogP contribution is -2.33. The topological polar surface area (TPSA) is 59.8 Å². The molecule has 1 N–H and O–H groups in total. The van der Waals surface area contributed by atoms with Gasteiger partial charge in [0.1, 0.15) is 0 Å². The van der Waals surface area contributed by atoms with Crippen molar-refractivity contribution in [3.63, 3.8) is 0 Å². The van der Waals surface area contributed by atoms with Crippen LogP contribution in [0.5, 0.6) is 0 Å². The van der Waals surface area contributed by atoms with Gasteiger partial charge in [-0.1, -0.05) is 49.7 Å². The normalized spacial score (nSPS) is 12.6. The summed E-state index contributed by atoms with van der Waals surface area (Å²) in [5.74, 6) is -0.267. The second-order valence-corrected chi connectivity index (χ2v) is 6.75. The number of alkyl halides is 3. The summed E-state index contributed by atoms with van der Waals surface area (Å²) >= 11 is 0. The fraction of sp³-hybridized carbons (Fsp3) is 0.286. The van der Waals surface area contributed by atoms with Crippen LogP contribution in [0.2, 0.25) is 0 Å². The first kappa shape index (κ1) is 20.6. The number of nitrogens with zero attached hydrogens (tertiary/aromatic N) is 3. The van der Waals surface area contributed by atoms with Crippen molar-refractivity contribution in [3.8, 4) is 17.1 Å². The summed E-state index contributed by atoms with van der Waals surface area (Å²) in [6.45, 7) is 3.89. The van der Waals surface area contributed by atoms with Crippen molar-refractivity contribution < 1.29 is 18.0 Å². The maximum Gasteiger partial charge on any atom is 0.416 e. The molecule has 3 rings (SSSR count). The molecule has 0 bridgehead atoms. The number of carbonyl (C=O) groups is 1. The molecule has 3 aromatic rings. The highest BCUT2D eigenvalue weighted by molar-refractivity contribution is 5.91. The van der Waals surface area contributed by atoms with E-state index < -0.39 is 17.6 Å². The Morgan fingerprint density at radius 1 is 1.14 bits per heavy atom. The summed E-state index contributed by atoms with van der Waals surface area (Å²) in [7, 11) is 0. The van der Waals surface area contributed by atoms with Gasteiger partial charge < -0.3 is 5.32 Å². The van der Waals surface area contributed by atoms with Crippen molar-refractivity contribution in [1.82, 2.24) is 20.1 Å². The van der Waals surface area contributed by atoms with Crippen molar-refractivity contribution in [3.05, 3.63) is 66.0 Å². The molecule has 0 aliphatic carbocycles. The highest BCUT2D eigenvalue weighted by Gasteiger charge is 2.31. The van der Waals surface area contributed by atoms with Crippen LogP contribution >= 0.6 is 0 Å². The van der Waals surface area contributed by atoms with Crippen molar-refractivity contribution >= 4 is 5.91 Å². The monoisotopic (exact) mass is 402 g/mol. The van der Waals surface area contributed by atoms with Crippen LogP contribution in [0.3, 0.4) is 0 Å². The summed E-state index contributed by atoms with van der Waals surface area (Å²) in [6.07, 6.45) is -2.78. The van der Waals surface area contributed by atoms with Crippen LogP contribution in [0.1, 0.15) is 42.9 Å². The van der Waals surface area contributed by atoms with Crippen LogP contribution in [-0.2, 0) is 6.18 Å². The number of benzene rings is 2. The maximum absolute atomic E-state index is 13.1. The predicted molar refractivity (Wildman–Crippen MR) is 104 cm³/mol.